The third-order valence-electron chi connectivity index (χ3n) is 1.80. The number of nitrogens with one attached hydrogen (secondary N) is 1. The zero-order valence-electron chi connectivity index (χ0n) is 8.65. The van der Waals surface area contributed by atoms with Crippen molar-refractivity contribution < 1.29 is 19.1 Å². The molecule has 0 spiro atoms. The summed E-state index contributed by atoms with van der Waals surface area (Å²) in [5.74, 6) is -1.59. The van der Waals surface area contributed by atoms with E-state index in [1.807, 2.05) is 0 Å². The maximum Gasteiger partial charge on any atom is 0.379 e. The number of benzene rings is 1. The zero-order chi connectivity index (χ0) is 12.0. The van der Waals surface area contributed by atoms with Gasteiger partial charge in [0.05, 0.1) is 6.61 Å². The number of esters is 1. The number of anilines is 1. The predicted molar refractivity (Wildman–Crippen MR) is 56.7 cm³/mol. The number of rotatable bonds is 5. The molecule has 0 aliphatic carbocycles. The lowest BCUT2D eigenvalue weighted by atomic mass is 10.1. The lowest BCUT2D eigenvalue weighted by Gasteiger charge is -2.02. The number of carbonyl (C=O) groups is 2. The smallest absolute Gasteiger partial charge is 0.379 e. The summed E-state index contributed by atoms with van der Waals surface area (Å²) in [7, 11) is 0. The topological polar surface area (TPSA) is 72.5 Å². The van der Waals surface area contributed by atoms with Gasteiger partial charge >= 0.3 is 12.4 Å². The largest absolute Gasteiger partial charge is 0.460 e. The van der Waals surface area contributed by atoms with E-state index in [0.29, 0.717) is 5.69 Å². The van der Waals surface area contributed by atoms with E-state index in [4.69, 9.17) is 0 Å². The molecule has 1 amide bonds. The average molecular weight is 220 g/mol. The van der Waals surface area contributed by atoms with Crippen LogP contribution in [0.4, 0.5) is 5.69 Å². The summed E-state index contributed by atoms with van der Waals surface area (Å²) >= 11 is 0. The molecular formula is C11H10NO4. The molecule has 0 unspecified atom stereocenters. The SMILES string of the molecule is CCOC(=O)C(=O)c1ccc(N[C]=O)cc1. The Kier molecular flexibility index (Phi) is 4.20. The molecule has 5 nitrogen and oxygen atoms in total. The number of ether oxygens (including phenoxy) is 1. The lowest BCUT2D eigenvalue weighted by molar-refractivity contribution is -0.137. The fourth-order valence-corrected chi connectivity index (χ4v) is 1.08. The standard InChI is InChI=1S/C11H10NO4/c1-2-16-11(15)10(14)8-3-5-9(6-4-8)12-7-13/h3-6H,2H2,1H3,(H,12,13). The first-order chi connectivity index (χ1) is 7.69. The van der Waals surface area contributed by atoms with Crippen LogP contribution in [0.15, 0.2) is 24.3 Å². The van der Waals surface area contributed by atoms with E-state index < -0.39 is 11.8 Å². The second-order valence-electron chi connectivity index (χ2n) is 2.85. The number of ketones is 1. The Morgan fingerprint density at radius 2 is 1.94 bits per heavy atom. The quantitative estimate of drug-likeness (QED) is 0.346. The molecule has 0 aliphatic rings. The van der Waals surface area contributed by atoms with Crippen molar-refractivity contribution in [2.45, 2.75) is 6.92 Å². The summed E-state index contributed by atoms with van der Waals surface area (Å²) in [5.41, 5.74) is 0.713. The Morgan fingerprint density at radius 3 is 2.44 bits per heavy atom. The number of amides is 1. The van der Waals surface area contributed by atoms with Gasteiger partial charge in [0.1, 0.15) is 0 Å². The summed E-state index contributed by atoms with van der Waals surface area (Å²) < 4.78 is 4.57. The van der Waals surface area contributed by atoms with E-state index in [-0.39, 0.29) is 12.2 Å². The number of hydrogen-bond donors (Lipinski definition) is 1. The lowest BCUT2D eigenvalue weighted by Crippen LogP contribution is -2.17. The Morgan fingerprint density at radius 1 is 1.31 bits per heavy atom. The van der Waals surface area contributed by atoms with Crippen LogP contribution < -0.4 is 5.32 Å². The average Bonchev–Trinajstić information content (AvgIpc) is 2.30. The van der Waals surface area contributed by atoms with E-state index in [1.165, 1.54) is 30.7 Å². The van der Waals surface area contributed by atoms with Crippen molar-refractivity contribution in [3.05, 3.63) is 29.8 Å². The first-order valence-electron chi connectivity index (χ1n) is 4.63. The summed E-state index contributed by atoms with van der Waals surface area (Å²) in [6.45, 7) is 1.78. The fraction of sp³-hybridized carbons (Fsp3) is 0.182. The third-order valence-corrected chi connectivity index (χ3v) is 1.80. The summed E-state index contributed by atoms with van der Waals surface area (Å²) in [6, 6.07) is 5.85. The summed E-state index contributed by atoms with van der Waals surface area (Å²) in [6.07, 6.45) is 1.50. The van der Waals surface area contributed by atoms with E-state index in [1.54, 1.807) is 6.92 Å². The van der Waals surface area contributed by atoms with Crippen LogP contribution in [-0.4, -0.2) is 24.8 Å². The van der Waals surface area contributed by atoms with Crippen molar-refractivity contribution in [2.24, 2.45) is 0 Å². The normalized spacial score (nSPS) is 9.31. The minimum atomic E-state index is -0.884. The maximum absolute atomic E-state index is 11.4. The molecule has 1 rings (SSSR count). The minimum Gasteiger partial charge on any atom is -0.460 e. The molecule has 5 heteroatoms. The van der Waals surface area contributed by atoms with Crippen molar-refractivity contribution in [1.29, 1.82) is 0 Å². The van der Waals surface area contributed by atoms with Crippen molar-refractivity contribution in [3.63, 3.8) is 0 Å². The van der Waals surface area contributed by atoms with Gasteiger partial charge in [0.15, 0.2) is 0 Å². The molecule has 0 saturated heterocycles. The first kappa shape index (κ1) is 11.9. The van der Waals surface area contributed by atoms with Gasteiger partial charge in [0, 0.05) is 11.3 Å². The van der Waals surface area contributed by atoms with E-state index in [9.17, 15) is 14.4 Å². The molecule has 1 aromatic rings. The van der Waals surface area contributed by atoms with Gasteiger partial charge in [-0.3, -0.25) is 9.59 Å². The molecule has 1 N–H and O–H groups in total. The van der Waals surface area contributed by atoms with Gasteiger partial charge in [-0.2, -0.15) is 0 Å². The van der Waals surface area contributed by atoms with E-state index in [2.05, 4.69) is 10.1 Å². The zero-order valence-corrected chi connectivity index (χ0v) is 8.65. The van der Waals surface area contributed by atoms with Gasteiger partial charge in [0.2, 0.25) is 0 Å². The summed E-state index contributed by atoms with van der Waals surface area (Å²) in [5, 5.41) is 2.30. The third kappa shape index (κ3) is 2.91. The van der Waals surface area contributed by atoms with Crippen LogP contribution in [-0.2, 0) is 14.3 Å². The molecule has 1 radical (unpaired) electrons. The van der Waals surface area contributed by atoms with E-state index >= 15 is 0 Å². The van der Waals surface area contributed by atoms with Gasteiger partial charge in [-0.1, -0.05) is 0 Å². The van der Waals surface area contributed by atoms with Crippen molar-refractivity contribution in [2.75, 3.05) is 11.9 Å². The van der Waals surface area contributed by atoms with Gasteiger partial charge in [-0.05, 0) is 31.2 Å². The minimum absolute atomic E-state index is 0.157. The van der Waals surface area contributed by atoms with Crippen LogP contribution in [0, 0.1) is 0 Å². The second kappa shape index (κ2) is 5.65. The highest BCUT2D eigenvalue weighted by Crippen LogP contribution is 2.09. The maximum atomic E-state index is 11.4. The molecule has 0 saturated carbocycles. The Hall–Kier alpha value is -2.17. The number of carbonyl (C=O) groups excluding carboxylic acids is 3. The molecule has 0 aliphatic heterocycles. The van der Waals surface area contributed by atoms with E-state index in [0.717, 1.165) is 0 Å². The van der Waals surface area contributed by atoms with Crippen LogP contribution in [0.25, 0.3) is 0 Å². The van der Waals surface area contributed by atoms with Crippen molar-refractivity contribution in [3.8, 4) is 0 Å². The van der Waals surface area contributed by atoms with Gasteiger partial charge < -0.3 is 10.1 Å². The molecular weight excluding hydrogens is 210 g/mol. The molecule has 0 bridgehead atoms. The Bertz CT molecular complexity index is 397. The van der Waals surface area contributed by atoms with Gasteiger partial charge in [-0.25, -0.2) is 4.79 Å². The van der Waals surface area contributed by atoms with Crippen molar-refractivity contribution >= 4 is 23.9 Å². The Labute approximate surface area is 92.4 Å². The van der Waals surface area contributed by atoms with Crippen LogP contribution in [0.1, 0.15) is 17.3 Å². The van der Waals surface area contributed by atoms with Crippen LogP contribution in [0.3, 0.4) is 0 Å². The Balaban J connectivity index is 2.77. The molecule has 0 atom stereocenters. The highest BCUT2D eigenvalue weighted by molar-refractivity contribution is 6.40. The predicted octanol–water partition coefficient (Wildman–Crippen LogP) is 0.911. The van der Waals surface area contributed by atoms with Gasteiger partial charge in [-0.15, -0.1) is 0 Å². The molecule has 16 heavy (non-hydrogen) atoms. The van der Waals surface area contributed by atoms with Gasteiger partial charge in [0.25, 0.3) is 5.78 Å². The van der Waals surface area contributed by atoms with Crippen LogP contribution in [0.5, 0.6) is 0 Å². The molecule has 0 heterocycles. The fourth-order valence-electron chi connectivity index (χ4n) is 1.08. The number of Topliss-reactive ketones (excluding diaryl/α,β-unsaturated/α-hetero) is 1. The monoisotopic (exact) mass is 220 g/mol. The molecule has 0 fully saturated rings. The van der Waals surface area contributed by atoms with Crippen LogP contribution >= 0.6 is 0 Å². The highest BCUT2D eigenvalue weighted by Gasteiger charge is 2.16. The van der Waals surface area contributed by atoms with Crippen molar-refractivity contribution in [1.82, 2.24) is 0 Å². The molecule has 0 aromatic heterocycles. The first-order valence-corrected chi connectivity index (χ1v) is 4.63. The highest BCUT2D eigenvalue weighted by atomic mass is 16.5. The molecule has 1 aromatic carbocycles. The number of hydrogen-bond acceptors (Lipinski definition) is 4. The summed E-state index contributed by atoms with van der Waals surface area (Å²) in [4.78, 5) is 32.5. The second-order valence-corrected chi connectivity index (χ2v) is 2.85. The van der Waals surface area contributed by atoms with Crippen LogP contribution in [0.2, 0.25) is 0 Å². The molecule has 83 valence electrons.